The molecule has 1 aliphatic heterocycles. The van der Waals surface area contributed by atoms with Crippen LogP contribution in [0.25, 0.3) is 0 Å². The standard InChI is InChI=1S/C14H26N2O3.ClH/c1-3-7-16(8-4-2)13(17)11-15-9-5-6-12(10-15)14(18)19;/h12H,3-11H2,1-2H3,(H,18,19);1H. The Morgan fingerprint density at radius 2 is 1.85 bits per heavy atom. The molecule has 1 rings (SSSR count). The zero-order chi connectivity index (χ0) is 14.3. The van der Waals surface area contributed by atoms with Crippen LogP contribution in [0.1, 0.15) is 39.5 Å². The van der Waals surface area contributed by atoms with Gasteiger partial charge < -0.3 is 10.0 Å². The lowest BCUT2D eigenvalue weighted by Crippen LogP contribution is -2.46. The van der Waals surface area contributed by atoms with Gasteiger partial charge in [-0.05, 0) is 32.2 Å². The van der Waals surface area contributed by atoms with Crippen molar-refractivity contribution in [2.45, 2.75) is 39.5 Å². The second kappa shape index (κ2) is 10.00. The number of piperidine rings is 1. The number of amides is 1. The van der Waals surface area contributed by atoms with E-state index >= 15 is 0 Å². The Labute approximate surface area is 127 Å². The highest BCUT2D eigenvalue weighted by Gasteiger charge is 2.27. The van der Waals surface area contributed by atoms with Crippen molar-refractivity contribution in [1.29, 1.82) is 0 Å². The number of carbonyl (C=O) groups is 2. The second-order valence-corrected chi connectivity index (χ2v) is 5.29. The summed E-state index contributed by atoms with van der Waals surface area (Å²) >= 11 is 0. The van der Waals surface area contributed by atoms with Crippen LogP contribution in [0.2, 0.25) is 0 Å². The van der Waals surface area contributed by atoms with Crippen molar-refractivity contribution >= 4 is 24.3 Å². The van der Waals surface area contributed by atoms with Crippen molar-refractivity contribution in [3.63, 3.8) is 0 Å². The zero-order valence-electron chi connectivity index (χ0n) is 12.5. The van der Waals surface area contributed by atoms with Gasteiger partial charge in [-0.2, -0.15) is 0 Å². The molecule has 0 aromatic carbocycles. The molecule has 0 bridgehead atoms. The Balaban J connectivity index is 0.00000361. The highest BCUT2D eigenvalue weighted by molar-refractivity contribution is 5.85. The minimum atomic E-state index is -0.740. The maximum Gasteiger partial charge on any atom is 0.307 e. The molecule has 0 saturated carbocycles. The maximum absolute atomic E-state index is 12.2. The van der Waals surface area contributed by atoms with Crippen molar-refractivity contribution in [3.05, 3.63) is 0 Å². The molecule has 6 heteroatoms. The maximum atomic E-state index is 12.2. The van der Waals surface area contributed by atoms with E-state index in [1.165, 1.54) is 0 Å². The van der Waals surface area contributed by atoms with Gasteiger partial charge in [-0.15, -0.1) is 12.4 Å². The number of carboxylic acids is 1. The number of carboxylic acid groups (broad SMARTS) is 1. The number of likely N-dealkylation sites (tertiary alicyclic amines) is 1. The van der Waals surface area contributed by atoms with Crippen molar-refractivity contribution in [1.82, 2.24) is 9.80 Å². The molecule has 1 fully saturated rings. The minimum Gasteiger partial charge on any atom is -0.481 e. The molecule has 0 aromatic rings. The fraction of sp³-hybridized carbons (Fsp3) is 0.857. The highest BCUT2D eigenvalue weighted by Crippen LogP contribution is 2.16. The largest absolute Gasteiger partial charge is 0.481 e. The van der Waals surface area contributed by atoms with Crippen LogP contribution in [0.4, 0.5) is 0 Å². The van der Waals surface area contributed by atoms with E-state index in [0.29, 0.717) is 13.1 Å². The average Bonchev–Trinajstić information content (AvgIpc) is 2.38. The van der Waals surface area contributed by atoms with Gasteiger partial charge in [-0.1, -0.05) is 13.8 Å². The van der Waals surface area contributed by atoms with E-state index in [1.807, 2.05) is 9.80 Å². The molecule has 0 aliphatic carbocycles. The highest BCUT2D eigenvalue weighted by atomic mass is 35.5. The van der Waals surface area contributed by atoms with Crippen molar-refractivity contribution in [3.8, 4) is 0 Å². The topological polar surface area (TPSA) is 60.9 Å². The van der Waals surface area contributed by atoms with Crippen LogP contribution >= 0.6 is 12.4 Å². The van der Waals surface area contributed by atoms with E-state index in [2.05, 4.69) is 13.8 Å². The first-order chi connectivity index (χ1) is 9.08. The summed E-state index contributed by atoms with van der Waals surface area (Å²) in [7, 11) is 0. The zero-order valence-corrected chi connectivity index (χ0v) is 13.3. The summed E-state index contributed by atoms with van der Waals surface area (Å²) in [6.45, 7) is 7.43. The molecule has 1 N–H and O–H groups in total. The number of hydrogen-bond donors (Lipinski definition) is 1. The number of rotatable bonds is 7. The summed E-state index contributed by atoms with van der Waals surface area (Å²) in [6.07, 6.45) is 3.52. The quantitative estimate of drug-likeness (QED) is 0.780. The van der Waals surface area contributed by atoms with Gasteiger partial charge in [-0.25, -0.2) is 0 Å². The average molecular weight is 307 g/mol. The summed E-state index contributed by atoms with van der Waals surface area (Å²) in [5.74, 6) is -0.918. The second-order valence-electron chi connectivity index (χ2n) is 5.29. The molecule has 1 aliphatic rings. The van der Waals surface area contributed by atoms with E-state index in [4.69, 9.17) is 5.11 Å². The van der Waals surface area contributed by atoms with Gasteiger partial charge in [0.05, 0.1) is 12.5 Å². The Kier molecular flexibility index (Phi) is 9.59. The van der Waals surface area contributed by atoms with Gasteiger partial charge in [-0.3, -0.25) is 14.5 Å². The Hall–Kier alpha value is -0.810. The van der Waals surface area contributed by atoms with Crippen LogP contribution in [-0.2, 0) is 9.59 Å². The van der Waals surface area contributed by atoms with Gasteiger partial charge >= 0.3 is 5.97 Å². The van der Waals surface area contributed by atoms with E-state index < -0.39 is 5.97 Å². The molecule has 1 atom stereocenters. The van der Waals surface area contributed by atoms with Crippen LogP contribution in [0.15, 0.2) is 0 Å². The van der Waals surface area contributed by atoms with Crippen LogP contribution in [0.5, 0.6) is 0 Å². The number of hydrogen-bond acceptors (Lipinski definition) is 3. The van der Waals surface area contributed by atoms with Crippen molar-refractivity contribution in [2.24, 2.45) is 5.92 Å². The molecule has 0 spiro atoms. The molecule has 20 heavy (non-hydrogen) atoms. The van der Waals surface area contributed by atoms with E-state index in [1.54, 1.807) is 0 Å². The normalized spacial score (nSPS) is 19.2. The number of nitrogens with zero attached hydrogens (tertiary/aromatic N) is 2. The van der Waals surface area contributed by atoms with Gasteiger partial charge in [0.2, 0.25) is 5.91 Å². The summed E-state index contributed by atoms with van der Waals surface area (Å²) < 4.78 is 0. The predicted octanol–water partition coefficient (Wildman–Crippen LogP) is 1.85. The van der Waals surface area contributed by atoms with Gasteiger partial charge in [0.15, 0.2) is 0 Å². The molecule has 1 heterocycles. The monoisotopic (exact) mass is 306 g/mol. The molecule has 0 aromatic heterocycles. The third-order valence-corrected chi connectivity index (χ3v) is 3.55. The Morgan fingerprint density at radius 1 is 1.25 bits per heavy atom. The van der Waals surface area contributed by atoms with Crippen LogP contribution < -0.4 is 0 Å². The lowest BCUT2D eigenvalue weighted by molar-refractivity contribution is -0.145. The molecular weight excluding hydrogens is 280 g/mol. The van der Waals surface area contributed by atoms with Crippen molar-refractivity contribution < 1.29 is 14.7 Å². The SMILES string of the molecule is CCCN(CCC)C(=O)CN1CCCC(C(=O)O)C1.Cl. The number of aliphatic carboxylic acids is 1. The molecule has 5 nitrogen and oxygen atoms in total. The first kappa shape index (κ1) is 19.2. The van der Waals surface area contributed by atoms with E-state index in [9.17, 15) is 9.59 Å². The summed E-state index contributed by atoms with van der Waals surface area (Å²) in [4.78, 5) is 27.1. The molecule has 118 valence electrons. The molecule has 1 saturated heterocycles. The fourth-order valence-corrected chi connectivity index (χ4v) is 2.59. The molecule has 1 amide bonds. The molecule has 0 radical (unpaired) electrons. The van der Waals surface area contributed by atoms with Crippen LogP contribution in [0.3, 0.4) is 0 Å². The smallest absolute Gasteiger partial charge is 0.307 e. The van der Waals surface area contributed by atoms with E-state index in [0.717, 1.165) is 45.3 Å². The lowest BCUT2D eigenvalue weighted by Gasteiger charge is -2.32. The first-order valence-electron chi connectivity index (χ1n) is 7.31. The Bertz CT molecular complexity index is 307. The number of carbonyl (C=O) groups excluding carboxylic acids is 1. The summed E-state index contributed by atoms with van der Waals surface area (Å²) in [5, 5.41) is 9.05. The molecule has 1 unspecified atom stereocenters. The summed E-state index contributed by atoms with van der Waals surface area (Å²) in [5.41, 5.74) is 0. The van der Waals surface area contributed by atoms with Crippen molar-refractivity contribution in [2.75, 3.05) is 32.7 Å². The minimum absolute atomic E-state index is 0. The Morgan fingerprint density at radius 3 is 2.35 bits per heavy atom. The van der Waals surface area contributed by atoms with Gasteiger partial charge in [0.1, 0.15) is 0 Å². The predicted molar refractivity (Wildman–Crippen MR) is 81.2 cm³/mol. The third-order valence-electron chi connectivity index (χ3n) is 3.55. The van der Waals surface area contributed by atoms with Gasteiger partial charge in [0.25, 0.3) is 0 Å². The first-order valence-corrected chi connectivity index (χ1v) is 7.31. The fourth-order valence-electron chi connectivity index (χ4n) is 2.59. The van der Waals surface area contributed by atoms with Gasteiger partial charge in [0, 0.05) is 19.6 Å². The number of halogens is 1. The summed E-state index contributed by atoms with van der Waals surface area (Å²) in [6, 6.07) is 0. The lowest BCUT2D eigenvalue weighted by atomic mass is 9.98. The molecular formula is C14H27ClN2O3. The van der Waals surface area contributed by atoms with E-state index in [-0.39, 0.29) is 24.2 Å². The van der Waals surface area contributed by atoms with Crippen LogP contribution in [-0.4, -0.2) is 59.5 Å². The van der Waals surface area contributed by atoms with Crippen LogP contribution in [0, 0.1) is 5.92 Å². The third kappa shape index (κ3) is 6.09.